The highest BCUT2D eigenvalue weighted by Crippen LogP contribution is 2.36. The van der Waals surface area contributed by atoms with Gasteiger partial charge < -0.3 is 5.11 Å². The monoisotopic (exact) mass is 228 g/mol. The number of hydrogen-bond donors (Lipinski definition) is 3. The van der Waals surface area contributed by atoms with E-state index < -0.39 is 23.2 Å². The van der Waals surface area contributed by atoms with E-state index in [2.05, 4.69) is 10.9 Å². The van der Waals surface area contributed by atoms with Gasteiger partial charge in [0.1, 0.15) is 5.41 Å². The second kappa shape index (κ2) is 4.96. The van der Waals surface area contributed by atoms with Gasteiger partial charge in [0, 0.05) is 6.92 Å². The smallest absolute Gasteiger partial charge is 0.319 e. The summed E-state index contributed by atoms with van der Waals surface area (Å²) in [6.45, 7) is 1.24. The van der Waals surface area contributed by atoms with Gasteiger partial charge in [0.15, 0.2) is 0 Å². The van der Waals surface area contributed by atoms with Crippen molar-refractivity contribution in [1.82, 2.24) is 10.9 Å². The predicted molar refractivity (Wildman–Crippen MR) is 55.1 cm³/mol. The number of carbonyl (C=O) groups is 3. The molecule has 2 amide bonds. The lowest BCUT2D eigenvalue weighted by molar-refractivity contribution is -0.159. The predicted octanol–water partition coefficient (Wildman–Crippen LogP) is 0.189. The molecule has 0 aromatic rings. The molecule has 1 rings (SSSR count). The molecule has 1 fully saturated rings. The lowest BCUT2D eigenvalue weighted by Crippen LogP contribution is -2.53. The number of rotatable bonds is 2. The summed E-state index contributed by atoms with van der Waals surface area (Å²) < 4.78 is 0. The summed E-state index contributed by atoms with van der Waals surface area (Å²) in [6, 6.07) is 0. The number of hydrazine groups is 1. The molecule has 0 heterocycles. The third-order valence-corrected chi connectivity index (χ3v) is 2.90. The second-order valence-corrected chi connectivity index (χ2v) is 4.08. The summed E-state index contributed by atoms with van der Waals surface area (Å²) in [6.07, 6.45) is 3.05. The lowest BCUT2D eigenvalue weighted by Gasteiger charge is -2.31. The van der Waals surface area contributed by atoms with Gasteiger partial charge in [0.05, 0.1) is 0 Å². The third-order valence-electron chi connectivity index (χ3n) is 2.90. The number of carbonyl (C=O) groups excluding carboxylic acids is 2. The largest absolute Gasteiger partial charge is 0.480 e. The van der Waals surface area contributed by atoms with E-state index in [0.717, 1.165) is 19.3 Å². The molecule has 0 aromatic carbocycles. The van der Waals surface area contributed by atoms with Crippen molar-refractivity contribution in [2.45, 2.75) is 39.0 Å². The van der Waals surface area contributed by atoms with Crippen LogP contribution >= 0.6 is 0 Å². The third kappa shape index (κ3) is 2.50. The van der Waals surface area contributed by atoms with Gasteiger partial charge in [-0.1, -0.05) is 19.3 Å². The van der Waals surface area contributed by atoms with E-state index in [9.17, 15) is 14.4 Å². The van der Waals surface area contributed by atoms with Crippen LogP contribution in [-0.2, 0) is 14.4 Å². The average molecular weight is 228 g/mol. The van der Waals surface area contributed by atoms with E-state index in [1.54, 1.807) is 0 Å². The Kier molecular flexibility index (Phi) is 3.87. The summed E-state index contributed by atoms with van der Waals surface area (Å²) >= 11 is 0. The van der Waals surface area contributed by atoms with Crippen LogP contribution in [0.1, 0.15) is 39.0 Å². The van der Waals surface area contributed by atoms with Gasteiger partial charge in [-0.05, 0) is 12.8 Å². The van der Waals surface area contributed by atoms with E-state index >= 15 is 0 Å². The first-order valence-corrected chi connectivity index (χ1v) is 5.29. The van der Waals surface area contributed by atoms with E-state index in [1.807, 2.05) is 0 Å². The highest BCUT2D eigenvalue weighted by atomic mass is 16.4. The second-order valence-electron chi connectivity index (χ2n) is 4.08. The molecule has 6 heteroatoms. The van der Waals surface area contributed by atoms with E-state index in [0.29, 0.717) is 12.8 Å². The molecule has 0 saturated heterocycles. The molecule has 0 radical (unpaired) electrons. The Bertz CT molecular complexity index is 308. The molecule has 0 bridgehead atoms. The Morgan fingerprint density at radius 3 is 2.06 bits per heavy atom. The molecule has 3 N–H and O–H groups in total. The Morgan fingerprint density at radius 1 is 1.06 bits per heavy atom. The zero-order valence-electron chi connectivity index (χ0n) is 9.21. The zero-order valence-corrected chi connectivity index (χ0v) is 9.21. The van der Waals surface area contributed by atoms with Gasteiger partial charge >= 0.3 is 5.97 Å². The van der Waals surface area contributed by atoms with Crippen molar-refractivity contribution in [3.8, 4) is 0 Å². The minimum atomic E-state index is -1.37. The number of nitrogens with one attached hydrogen (secondary N) is 2. The van der Waals surface area contributed by atoms with E-state index in [1.165, 1.54) is 6.92 Å². The van der Waals surface area contributed by atoms with E-state index in [4.69, 9.17) is 5.11 Å². The van der Waals surface area contributed by atoms with Crippen molar-refractivity contribution < 1.29 is 19.5 Å². The fraction of sp³-hybridized carbons (Fsp3) is 0.700. The standard InChI is InChI=1S/C10H16N2O4/c1-7(13)11-12-8(14)10(9(15)16)5-3-2-4-6-10/h2-6H2,1H3,(H,11,13)(H,12,14)(H,15,16). The minimum absolute atomic E-state index is 0.327. The summed E-state index contributed by atoms with van der Waals surface area (Å²) in [5.41, 5.74) is 2.90. The van der Waals surface area contributed by atoms with Crippen LogP contribution < -0.4 is 10.9 Å². The minimum Gasteiger partial charge on any atom is -0.480 e. The fourth-order valence-corrected chi connectivity index (χ4v) is 1.96. The van der Waals surface area contributed by atoms with Gasteiger partial charge in [0.25, 0.3) is 5.91 Å². The molecule has 16 heavy (non-hydrogen) atoms. The zero-order chi connectivity index (χ0) is 12.2. The first-order valence-electron chi connectivity index (χ1n) is 5.29. The van der Waals surface area contributed by atoms with Crippen LogP contribution in [0.15, 0.2) is 0 Å². The first kappa shape index (κ1) is 12.5. The number of aliphatic carboxylic acids is 1. The average Bonchev–Trinajstić information content (AvgIpc) is 2.26. The maximum absolute atomic E-state index is 11.8. The quantitative estimate of drug-likeness (QED) is 0.464. The van der Waals surface area contributed by atoms with Crippen LogP contribution in [0, 0.1) is 5.41 Å². The van der Waals surface area contributed by atoms with Gasteiger partial charge in [0.2, 0.25) is 5.91 Å². The van der Waals surface area contributed by atoms with Crippen LogP contribution in [0.5, 0.6) is 0 Å². The Labute approximate surface area is 93.4 Å². The maximum Gasteiger partial charge on any atom is 0.319 e. The molecule has 90 valence electrons. The Morgan fingerprint density at radius 2 is 1.62 bits per heavy atom. The molecule has 0 spiro atoms. The van der Waals surface area contributed by atoms with Crippen molar-refractivity contribution in [2.75, 3.05) is 0 Å². The molecular formula is C10H16N2O4. The number of carboxylic acid groups (broad SMARTS) is 1. The summed E-state index contributed by atoms with van der Waals surface area (Å²) in [4.78, 5) is 33.6. The van der Waals surface area contributed by atoms with Crippen LogP contribution in [0.2, 0.25) is 0 Å². The van der Waals surface area contributed by atoms with Crippen molar-refractivity contribution in [2.24, 2.45) is 5.41 Å². The van der Waals surface area contributed by atoms with Crippen molar-refractivity contribution >= 4 is 17.8 Å². The SMILES string of the molecule is CC(=O)NNC(=O)C1(C(=O)O)CCCCC1. The van der Waals surface area contributed by atoms with Gasteiger partial charge in [-0.15, -0.1) is 0 Å². The fourth-order valence-electron chi connectivity index (χ4n) is 1.96. The van der Waals surface area contributed by atoms with Crippen LogP contribution in [0.3, 0.4) is 0 Å². The number of carboxylic acids is 1. The summed E-state index contributed by atoms with van der Waals surface area (Å²) in [5.74, 6) is -2.17. The highest BCUT2D eigenvalue weighted by Gasteiger charge is 2.46. The van der Waals surface area contributed by atoms with Crippen LogP contribution in [-0.4, -0.2) is 22.9 Å². The normalized spacial score (nSPS) is 18.6. The lowest BCUT2D eigenvalue weighted by atomic mass is 9.73. The Balaban J connectivity index is 2.72. The molecule has 0 aliphatic heterocycles. The van der Waals surface area contributed by atoms with Crippen molar-refractivity contribution in [1.29, 1.82) is 0 Å². The number of amides is 2. The molecule has 0 aromatic heterocycles. The van der Waals surface area contributed by atoms with Crippen LogP contribution in [0.25, 0.3) is 0 Å². The van der Waals surface area contributed by atoms with Gasteiger partial charge in [-0.25, -0.2) is 0 Å². The molecule has 0 unspecified atom stereocenters. The molecule has 0 atom stereocenters. The summed E-state index contributed by atoms with van der Waals surface area (Å²) in [5, 5.41) is 9.15. The molecule has 1 aliphatic rings. The highest BCUT2D eigenvalue weighted by molar-refractivity contribution is 6.02. The van der Waals surface area contributed by atoms with Crippen LogP contribution in [0.4, 0.5) is 0 Å². The first-order chi connectivity index (χ1) is 7.49. The molecule has 6 nitrogen and oxygen atoms in total. The topological polar surface area (TPSA) is 95.5 Å². The number of hydrogen-bond acceptors (Lipinski definition) is 3. The molecular weight excluding hydrogens is 212 g/mol. The van der Waals surface area contributed by atoms with Gasteiger partial charge in [-0.2, -0.15) is 0 Å². The van der Waals surface area contributed by atoms with Crippen molar-refractivity contribution in [3.05, 3.63) is 0 Å². The Hall–Kier alpha value is -1.59. The maximum atomic E-state index is 11.8. The molecule has 1 saturated carbocycles. The van der Waals surface area contributed by atoms with E-state index in [-0.39, 0.29) is 0 Å². The summed E-state index contributed by atoms with van der Waals surface area (Å²) in [7, 11) is 0. The van der Waals surface area contributed by atoms with Crippen molar-refractivity contribution in [3.63, 3.8) is 0 Å². The molecule has 1 aliphatic carbocycles. The van der Waals surface area contributed by atoms with Gasteiger partial charge in [-0.3, -0.25) is 25.2 Å².